The van der Waals surface area contributed by atoms with Gasteiger partial charge in [-0.25, -0.2) is 4.79 Å². The van der Waals surface area contributed by atoms with Gasteiger partial charge < -0.3 is 14.7 Å². The molecular weight excluding hydrogens is 393 g/mol. The highest BCUT2D eigenvalue weighted by molar-refractivity contribution is 5.81. The number of nitrogens with zero attached hydrogens (tertiary/aromatic N) is 4. The Labute approximate surface area is 166 Å². The molecule has 3 heterocycles. The number of hydrogen-bond acceptors (Lipinski definition) is 5. The molecule has 1 aliphatic carbocycles. The maximum atomic E-state index is 12.3. The molecule has 2 atom stereocenters. The lowest BCUT2D eigenvalue weighted by atomic mass is 10.1. The van der Waals surface area contributed by atoms with E-state index in [0.717, 1.165) is 52.2 Å². The number of halogens is 3. The van der Waals surface area contributed by atoms with Gasteiger partial charge in [0.1, 0.15) is 0 Å². The SMILES string of the molecule is Cn1cc(CN2CCO[C@@H]3CN(C(=O)C4CC4)C[C@@H]3C2)cn1.O=C(O)C(F)(F)F. The molecule has 1 aromatic heterocycles. The first-order chi connectivity index (χ1) is 13.6. The molecule has 0 unspecified atom stereocenters. The number of carboxylic acid groups (broad SMARTS) is 1. The van der Waals surface area contributed by atoms with Gasteiger partial charge in [-0.3, -0.25) is 14.4 Å². The molecule has 29 heavy (non-hydrogen) atoms. The van der Waals surface area contributed by atoms with Gasteiger partial charge in [-0.15, -0.1) is 0 Å². The Kier molecular flexibility index (Phi) is 6.47. The Morgan fingerprint density at radius 1 is 1.28 bits per heavy atom. The molecule has 2 aliphatic heterocycles. The first-order valence-corrected chi connectivity index (χ1v) is 9.54. The predicted molar refractivity (Wildman–Crippen MR) is 94.7 cm³/mol. The van der Waals surface area contributed by atoms with Crippen LogP contribution in [-0.2, 0) is 27.9 Å². The van der Waals surface area contributed by atoms with E-state index in [2.05, 4.69) is 16.2 Å². The fourth-order valence-electron chi connectivity index (χ4n) is 3.69. The van der Waals surface area contributed by atoms with E-state index in [9.17, 15) is 18.0 Å². The van der Waals surface area contributed by atoms with Crippen molar-refractivity contribution in [3.8, 4) is 0 Å². The third kappa shape index (κ3) is 5.92. The van der Waals surface area contributed by atoms with Crippen LogP contribution in [0.1, 0.15) is 18.4 Å². The number of hydrogen-bond donors (Lipinski definition) is 1. The van der Waals surface area contributed by atoms with Gasteiger partial charge in [-0.1, -0.05) is 0 Å². The van der Waals surface area contributed by atoms with Crippen molar-refractivity contribution in [2.75, 3.05) is 32.8 Å². The molecule has 1 N–H and O–H groups in total. The van der Waals surface area contributed by atoms with Crippen molar-refractivity contribution < 1.29 is 32.6 Å². The second-order valence-corrected chi connectivity index (χ2v) is 7.75. The summed E-state index contributed by atoms with van der Waals surface area (Å²) in [6, 6.07) is 0. The third-order valence-corrected chi connectivity index (χ3v) is 5.26. The number of aliphatic carboxylic acids is 1. The van der Waals surface area contributed by atoms with Gasteiger partial charge in [0.2, 0.25) is 5.91 Å². The maximum absolute atomic E-state index is 12.3. The Balaban J connectivity index is 0.000000298. The molecule has 0 aromatic carbocycles. The summed E-state index contributed by atoms with van der Waals surface area (Å²) in [5.74, 6) is -1.64. The van der Waals surface area contributed by atoms with Crippen molar-refractivity contribution >= 4 is 11.9 Å². The maximum Gasteiger partial charge on any atom is 0.490 e. The van der Waals surface area contributed by atoms with Crippen LogP contribution in [-0.4, -0.2) is 81.6 Å². The van der Waals surface area contributed by atoms with E-state index in [0.29, 0.717) is 17.7 Å². The lowest BCUT2D eigenvalue weighted by molar-refractivity contribution is -0.192. The molecule has 162 valence electrons. The summed E-state index contributed by atoms with van der Waals surface area (Å²) < 4.78 is 39.6. The molecule has 3 fully saturated rings. The molecule has 11 heteroatoms. The van der Waals surface area contributed by atoms with Crippen molar-refractivity contribution in [1.29, 1.82) is 0 Å². The van der Waals surface area contributed by atoms with Crippen LogP contribution >= 0.6 is 0 Å². The molecule has 3 aliphatic rings. The molecular formula is C18H25F3N4O4. The fraction of sp³-hybridized carbons (Fsp3) is 0.722. The second kappa shape index (κ2) is 8.70. The number of rotatable bonds is 3. The summed E-state index contributed by atoms with van der Waals surface area (Å²) in [5, 5.41) is 11.4. The first kappa shape index (κ1) is 21.6. The van der Waals surface area contributed by atoms with Gasteiger partial charge in [0, 0.05) is 63.4 Å². The molecule has 0 spiro atoms. The average molecular weight is 418 g/mol. The summed E-state index contributed by atoms with van der Waals surface area (Å²) in [5.41, 5.74) is 1.24. The Morgan fingerprint density at radius 2 is 1.97 bits per heavy atom. The third-order valence-electron chi connectivity index (χ3n) is 5.26. The van der Waals surface area contributed by atoms with E-state index in [1.807, 2.05) is 22.8 Å². The van der Waals surface area contributed by atoms with Crippen LogP contribution in [0.2, 0.25) is 0 Å². The van der Waals surface area contributed by atoms with Crippen molar-refractivity contribution in [2.24, 2.45) is 18.9 Å². The molecule has 1 aromatic rings. The van der Waals surface area contributed by atoms with E-state index in [1.165, 1.54) is 5.56 Å². The van der Waals surface area contributed by atoms with E-state index < -0.39 is 12.1 Å². The first-order valence-electron chi connectivity index (χ1n) is 9.54. The van der Waals surface area contributed by atoms with Crippen LogP contribution in [0, 0.1) is 11.8 Å². The molecule has 0 radical (unpaired) electrons. The zero-order valence-corrected chi connectivity index (χ0v) is 16.1. The standard InChI is InChI=1S/C16H24N4O2.C2HF3O2/c1-18-7-12(6-17-18)8-19-4-5-22-15-11-20(10-14(15)9-19)16(21)13-2-3-13;3-2(4,5)1(6)7/h6-7,13-15H,2-5,8-11H2,1H3;(H,6,7)/t14-,15+;/m0./s1. The van der Waals surface area contributed by atoms with Crippen LogP contribution in [0.4, 0.5) is 13.2 Å². The monoisotopic (exact) mass is 418 g/mol. The zero-order valence-electron chi connectivity index (χ0n) is 16.1. The molecule has 1 amide bonds. The number of carbonyl (C=O) groups is 2. The van der Waals surface area contributed by atoms with E-state index in [4.69, 9.17) is 14.6 Å². The van der Waals surface area contributed by atoms with Gasteiger partial charge in [-0.05, 0) is 12.8 Å². The Morgan fingerprint density at radius 3 is 2.52 bits per heavy atom. The van der Waals surface area contributed by atoms with Gasteiger partial charge >= 0.3 is 12.1 Å². The van der Waals surface area contributed by atoms with Gasteiger partial charge in [0.05, 0.1) is 18.9 Å². The smallest absolute Gasteiger partial charge is 0.475 e. The Bertz CT molecular complexity index is 735. The number of aromatic nitrogens is 2. The summed E-state index contributed by atoms with van der Waals surface area (Å²) in [7, 11) is 1.95. The fourth-order valence-corrected chi connectivity index (χ4v) is 3.69. The van der Waals surface area contributed by atoms with Gasteiger partial charge in [0.15, 0.2) is 0 Å². The number of aryl methyl sites for hydroxylation is 1. The summed E-state index contributed by atoms with van der Waals surface area (Å²) in [4.78, 5) is 25.6. The van der Waals surface area contributed by atoms with Crippen LogP contribution in [0.25, 0.3) is 0 Å². The number of ether oxygens (including phenoxy) is 1. The quantitative estimate of drug-likeness (QED) is 0.792. The minimum atomic E-state index is -5.08. The van der Waals surface area contributed by atoms with Gasteiger partial charge in [0.25, 0.3) is 0 Å². The molecule has 4 rings (SSSR count). The minimum absolute atomic E-state index is 0.224. The highest BCUT2D eigenvalue weighted by Crippen LogP contribution is 2.34. The molecule has 2 saturated heterocycles. The highest BCUT2D eigenvalue weighted by atomic mass is 19.4. The number of fused-ring (bicyclic) bond motifs is 1. The largest absolute Gasteiger partial charge is 0.490 e. The van der Waals surface area contributed by atoms with E-state index >= 15 is 0 Å². The number of carboxylic acids is 1. The minimum Gasteiger partial charge on any atom is -0.475 e. The van der Waals surface area contributed by atoms with E-state index in [1.54, 1.807) is 0 Å². The molecule has 8 nitrogen and oxygen atoms in total. The Hall–Kier alpha value is -2.14. The van der Waals surface area contributed by atoms with E-state index in [-0.39, 0.29) is 6.10 Å². The second-order valence-electron chi connectivity index (χ2n) is 7.75. The highest BCUT2D eigenvalue weighted by Gasteiger charge is 2.42. The molecule has 0 bridgehead atoms. The normalized spacial score (nSPS) is 25.0. The zero-order chi connectivity index (χ0) is 21.2. The predicted octanol–water partition coefficient (Wildman–Crippen LogP) is 1.12. The lowest BCUT2D eigenvalue weighted by Gasteiger charge is -2.22. The number of amides is 1. The summed E-state index contributed by atoms with van der Waals surface area (Å²) in [6.07, 6.45) is 1.31. The summed E-state index contributed by atoms with van der Waals surface area (Å²) >= 11 is 0. The van der Waals surface area contributed by atoms with Crippen molar-refractivity contribution in [2.45, 2.75) is 31.7 Å². The summed E-state index contributed by atoms with van der Waals surface area (Å²) in [6.45, 7) is 5.29. The average Bonchev–Trinajstić information content (AvgIpc) is 3.34. The van der Waals surface area contributed by atoms with Crippen molar-refractivity contribution in [3.63, 3.8) is 0 Å². The van der Waals surface area contributed by atoms with Crippen LogP contribution in [0.5, 0.6) is 0 Å². The number of likely N-dealkylation sites (tertiary alicyclic amines) is 1. The topological polar surface area (TPSA) is 87.9 Å². The lowest BCUT2D eigenvalue weighted by Crippen LogP contribution is -2.34. The molecule has 1 saturated carbocycles. The van der Waals surface area contributed by atoms with Crippen molar-refractivity contribution in [1.82, 2.24) is 19.6 Å². The number of alkyl halides is 3. The number of carbonyl (C=O) groups excluding carboxylic acids is 1. The van der Waals surface area contributed by atoms with Crippen LogP contribution in [0.15, 0.2) is 12.4 Å². The van der Waals surface area contributed by atoms with Crippen LogP contribution in [0.3, 0.4) is 0 Å². The van der Waals surface area contributed by atoms with Crippen molar-refractivity contribution in [3.05, 3.63) is 18.0 Å². The van der Waals surface area contributed by atoms with Crippen LogP contribution < -0.4 is 0 Å². The van der Waals surface area contributed by atoms with Gasteiger partial charge in [-0.2, -0.15) is 18.3 Å².